The van der Waals surface area contributed by atoms with E-state index in [1.165, 1.54) is 0 Å². The summed E-state index contributed by atoms with van der Waals surface area (Å²) in [6.45, 7) is 4.71. The van der Waals surface area contributed by atoms with Gasteiger partial charge >= 0.3 is 0 Å². The van der Waals surface area contributed by atoms with Crippen LogP contribution in [0.3, 0.4) is 0 Å². The van der Waals surface area contributed by atoms with Crippen molar-refractivity contribution >= 4 is 38.5 Å². The van der Waals surface area contributed by atoms with Crippen molar-refractivity contribution in [2.75, 3.05) is 11.5 Å². The van der Waals surface area contributed by atoms with E-state index in [1.807, 2.05) is 67.6 Å². The molecule has 1 atom stereocenters. The molecule has 1 aromatic heterocycles. The van der Waals surface area contributed by atoms with Crippen molar-refractivity contribution in [3.63, 3.8) is 0 Å². The van der Waals surface area contributed by atoms with Crippen molar-refractivity contribution in [3.05, 3.63) is 104 Å². The lowest BCUT2D eigenvalue weighted by atomic mass is 9.97. The van der Waals surface area contributed by atoms with Crippen LogP contribution < -0.4 is 15.1 Å². The van der Waals surface area contributed by atoms with Crippen LogP contribution in [0.1, 0.15) is 59.5 Å². The molecule has 0 spiro atoms. The van der Waals surface area contributed by atoms with Gasteiger partial charge in [0.2, 0.25) is 5.76 Å². The molecule has 1 unspecified atom stereocenters. The standard InChI is InChI=1S/C29H26BrNO4/c1-3-4-5-15-34-22-8-6-7-19(17-22)26-25-27(32)23-16-18(2)9-14-24(23)35-28(25)29(33)31(26)21-12-10-20(30)11-13-21/h6-14,16-17,26H,3-5,15H2,1-2H3. The largest absolute Gasteiger partial charge is 0.494 e. The number of unbranched alkanes of at least 4 members (excludes halogenated alkanes) is 2. The molecule has 1 aliphatic heterocycles. The van der Waals surface area contributed by atoms with Crippen LogP contribution in [0.4, 0.5) is 5.69 Å². The lowest BCUT2D eigenvalue weighted by Crippen LogP contribution is -2.29. The summed E-state index contributed by atoms with van der Waals surface area (Å²) >= 11 is 3.46. The van der Waals surface area contributed by atoms with Gasteiger partial charge in [0.25, 0.3) is 5.91 Å². The van der Waals surface area contributed by atoms with Gasteiger partial charge in [-0.25, -0.2) is 0 Å². The van der Waals surface area contributed by atoms with Crippen molar-refractivity contribution in [2.45, 2.75) is 39.2 Å². The van der Waals surface area contributed by atoms with Crippen LogP contribution in [0, 0.1) is 6.92 Å². The molecule has 4 aromatic rings. The zero-order valence-corrected chi connectivity index (χ0v) is 21.3. The maximum absolute atomic E-state index is 13.8. The Balaban J connectivity index is 1.67. The molecule has 0 aliphatic carbocycles. The van der Waals surface area contributed by atoms with E-state index in [4.69, 9.17) is 9.15 Å². The van der Waals surface area contributed by atoms with Crippen LogP contribution in [-0.2, 0) is 0 Å². The molecule has 35 heavy (non-hydrogen) atoms. The van der Waals surface area contributed by atoms with E-state index in [-0.39, 0.29) is 17.1 Å². The first kappa shape index (κ1) is 23.4. The molecule has 5 nitrogen and oxygen atoms in total. The van der Waals surface area contributed by atoms with Crippen LogP contribution in [0.25, 0.3) is 11.0 Å². The highest BCUT2D eigenvalue weighted by atomic mass is 79.9. The molecule has 0 saturated heterocycles. The highest BCUT2D eigenvalue weighted by Gasteiger charge is 2.43. The third kappa shape index (κ3) is 4.39. The monoisotopic (exact) mass is 531 g/mol. The van der Waals surface area contributed by atoms with Crippen molar-refractivity contribution in [3.8, 4) is 5.75 Å². The average molecular weight is 532 g/mol. The van der Waals surface area contributed by atoms with Gasteiger partial charge in [0.15, 0.2) is 5.43 Å². The highest BCUT2D eigenvalue weighted by Crippen LogP contribution is 2.42. The fraction of sp³-hybridized carbons (Fsp3) is 0.241. The number of hydrogen-bond donors (Lipinski definition) is 0. The number of benzene rings is 3. The van der Waals surface area contributed by atoms with E-state index in [0.717, 1.165) is 40.6 Å². The molecular formula is C29H26BrNO4. The van der Waals surface area contributed by atoms with Crippen molar-refractivity contribution in [1.29, 1.82) is 0 Å². The second-order valence-corrected chi connectivity index (χ2v) is 9.77. The molecule has 0 N–H and O–H groups in total. The lowest BCUT2D eigenvalue weighted by molar-refractivity contribution is 0.0971. The summed E-state index contributed by atoms with van der Waals surface area (Å²) < 4.78 is 13.0. The van der Waals surface area contributed by atoms with Crippen LogP contribution >= 0.6 is 15.9 Å². The third-order valence-corrected chi connectivity index (χ3v) is 6.85. The topological polar surface area (TPSA) is 59.8 Å². The van der Waals surface area contributed by atoms with Gasteiger partial charge in [-0.15, -0.1) is 0 Å². The van der Waals surface area contributed by atoms with Crippen LogP contribution in [0.2, 0.25) is 0 Å². The Bertz CT molecular complexity index is 1460. The molecule has 5 rings (SSSR count). The molecule has 0 bridgehead atoms. The zero-order chi connectivity index (χ0) is 24.5. The molecule has 0 saturated carbocycles. The average Bonchev–Trinajstić information content (AvgIpc) is 3.15. The Hall–Kier alpha value is -3.38. The van der Waals surface area contributed by atoms with Gasteiger partial charge in [0.1, 0.15) is 11.3 Å². The lowest BCUT2D eigenvalue weighted by Gasteiger charge is -2.25. The normalized spacial score (nSPS) is 15.0. The van der Waals surface area contributed by atoms with Gasteiger partial charge in [0, 0.05) is 10.2 Å². The molecule has 178 valence electrons. The minimum absolute atomic E-state index is 0.0912. The fourth-order valence-electron chi connectivity index (χ4n) is 4.59. The number of anilines is 1. The van der Waals surface area contributed by atoms with Gasteiger partial charge < -0.3 is 9.15 Å². The summed E-state index contributed by atoms with van der Waals surface area (Å²) in [6.07, 6.45) is 3.20. The Morgan fingerprint density at radius 2 is 1.80 bits per heavy atom. The molecule has 3 aromatic carbocycles. The number of carbonyl (C=O) groups excluding carboxylic acids is 1. The van der Waals surface area contributed by atoms with Crippen molar-refractivity contribution in [1.82, 2.24) is 0 Å². The Morgan fingerprint density at radius 3 is 2.57 bits per heavy atom. The van der Waals surface area contributed by atoms with E-state index < -0.39 is 6.04 Å². The predicted octanol–water partition coefficient (Wildman–Crippen LogP) is 7.18. The number of aryl methyl sites for hydroxylation is 1. The van der Waals surface area contributed by atoms with Gasteiger partial charge in [-0.1, -0.05) is 59.5 Å². The number of carbonyl (C=O) groups is 1. The number of amides is 1. The Morgan fingerprint density at radius 1 is 1.00 bits per heavy atom. The van der Waals surface area contributed by atoms with Gasteiger partial charge in [-0.2, -0.15) is 0 Å². The quantitative estimate of drug-likeness (QED) is 0.237. The van der Waals surface area contributed by atoms with Crippen LogP contribution in [0.5, 0.6) is 5.75 Å². The third-order valence-electron chi connectivity index (χ3n) is 6.32. The Kier molecular flexibility index (Phi) is 6.48. The summed E-state index contributed by atoms with van der Waals surface area (Å²) in [4.78, 5) is 29.1. The number of nitrogens with zero attached hydrogens (tertiary/aromatic N) is 1. The molecule has 1 aliphatic rings. The number of hydrogen-bond acceptors (Lipinski definition) is 4. The van der Waals surface area contributed by atoms with E-state index in [1.54, 1.807) is 11.0 Å². The minimum Gasteiger partial charge on any atom is -0.494 e. The van der Waals surface area contributed by atoms with Crippen LogP contribution in [-0.4, -0.2) is 12.5 Å². The van der Waals surface area contributed by atoms with Crippen molar-refractivity contribution < 1.29 is 13.9 Å². The Labute approximate surface area is 212 Å². The zero-order valence-electron chi connectivity index (χ0n) is 19.7. The van der Waals surface area contributed by atoms with Gasteiger partial charge in [-0.05, 0) is 67.4 Å². The number of ether oxygens (including phenoxy) is 1. The van der Waals surface area contributed by atoms with E-state index in [2.05, 4.69) is 22.9 Å². The molecule has 6 heteroatoms. The van der Waals surface area contributed by atoms with E-state index >= 15 is 0 Å². The number of halogens is 1. The minimum atomic E-state index is -0.626. The first-order chi connectivity index (χ1) is 17.0. The predicted molar refractivity (Wildman–Crippen MR) is 141 cm³/mol. The first-order valence-electron chi connectivity index (χ1n) is 11.9. The van der Waals surface area contributed by atoms with Crippen molar-refractivity contribution in [2.24, 2.45) is 0 Å². The summed E-state index contributed by atoms with van der Waals surface area (Å²) in [5, 5.41) is 0.478. The van der Waals surface area contributed by atoms with Gasteiger partial charge in [-0.3, -0.25) is 14.5 Å². The summed E-state index contributed by atoms with van der Waals surface area (Å²) in [5.74, 6) is 0.478. The molecular weight excluding hydrogens is 506 g/mol. The molecule has 1 amide bonds. The molecule has 0 fully saturated rings. The SMILES string of the molecule is CCCCCOc1cccc(C2c3c(oc4ccc(C)cc4c3=O)C(=O)N2c2ccc(Br)cc2)c1. The fourth-order valence-corrected chi connectivity index (χ4v) is 4.85. The van der Waals surface area contributed by atoms with Crippen LogP contribution in [0.15, 0.2) is 80.4 Å². The second kappa shape index (κ2) is 9.70. The maximum Gasteiger partial charge on any atom is 0.295 e. The smallest absolute Gasteiger partial charge is 0.295 e. The first-order valence-corrected chi connectivity index (χ1v) is 12.7. The summed E-state index contributed by atoms with van der Waals surface area (Å²) in [6, 6.07) is 20.0. The summed E-state index contributed by atoms with van der Waals surface area (Å²) in [5.41, 5.74) is 3.03. The number of fused-ring (bicyclic) bond motifs is 2. The van der Waals surface area contributed by atoms with Gasteiger partial charge in [0.05, 0.1) is 23.6 Å². The molecule has 0 radical (unpaired) electrons. The number of rotatable bonds is 7. The summed E-state index contributed by atoms with van der Waals surface area (Å²) in [7, 11) is 0. The second-order valence-electron chi connectivity index (χ2n) is 8.86. The van der Waals surface area contributed by atoms with E-state index in [0.29, 0.717) is 28.8 Å². The maximum atomic E-state index is 13.8. The highest BCUT2D eigenvalue weighted by molar-refractivity contribution is 9.10. The molecule has 2 heterocycles. The van der Waals surface area contributed by atoms with E-state index in [9.17, 15) is 9.59 Å².